The predicted octanol–water partition coefficient (Wildman–Crippen LogP) is -3.73. The standard InChI is InChI=1S/Ca.Na.2H2O/h;;2*1H2/q+2;+1;;/p-2. The number of hydrogen-bond donors (Lipinski definition) is 0. The van der Waals surface area contributed by atoms with Gasteiger partial charge in [0.25, 0.3) is 0 Å². The molecule has 0 heterocycles. The van der Waals surface area contributed by atoms with E-state index in [0.717, 1.165) is 0 Å². The van der Waals surface area contributed by atoms with Crippen LogP contribution in [0.15, 0.2) is 0 Å². The van der Waals surface area contributed by atoms with Gasteiger partial charge in [-0.15, -0.1) is 0 Å². The summed E-state index contributed by atoms with van der Waals surface area (Å²) in [5.41, 5.74) is 0. The van der Waals surface area contributed by atoms with Crippen LogP contribution in [0.25, 0.3) is 0 Å². The van der Waals surface area contributed by atoms with Gasteiger partial charge in [-0.25, -0.2) is 0 Å². The summed E-state index contributed by atoms with van der Waals surface area (Å²) in [5, 5.41) is 0. The van der Waals surface area contributed by atoms with E-state index in [1.54, 1.807) is 0 Å². The second kappa shape index (κ2) is 19.0. The summed E-state index contributed by atoms with van der Waals surface area (Å²) in [5.74, 6) is 0. The van der Waals surface area contributed by atoms with Crippen molar-refractivity contribution in [2.75, 3.05) is 0 Å². The Morgan fingerprint density at radius 1 is 0.750 bits per heavy atom. The van der Waals surface area contributed by atoms with E-state index in [4.69, 9.17) is 0 Å². The molecule has 0 aromatic rings. The summed E-state index contributed by atoms with van der Waals surface area (Å²) in [7, 11) is 0. The molecule has 0 aliphatic rings. The second-order valence-electron chi connectivity index (χ2n) is 0. The third kappa shape index (κ3) is 8.89. The molecule has 2 N–H and O–H groups in total. The Morgan fingerprint density at radius 2 is 0.750 bits per heavy atom. The van der Waals surface area contributed by atoms with Crippen molar-refractivity contribution in [3.05, 3.63) is 0 Å². The van der Waals surface area contributed by atoms with Crippen molar-refractivity contribution in [2.45, 2.75) is 0 Å². The first-order chi connectivity index (χ1) is 0. The quantitative estimate of drug-likeness (QED) is 0.292. The third-order valence-corrected chi connectivity index (χ3v) is 0. The van der Waals surface area contributed by atoms with E-state index in [2.05, 4.69) is 0 Å². The van der Waals surface area contributed by atoms with Crippen molar-refractivity contribution in [1.82, 2.24) is 0 Å². The van der Waals surface area contributed by atoms with Gasteiger partial charge in [0.05, 0.1) is 0 Å². The number of rotatable bonds is 0. The van der Waals surface area contributed by atoms with Crippen LogP contribution in [0.2, 0.25) is 0 Å². The van der Waals surface area contributed by atoms with Crippen molar-refractivity contribution in [3.8, 4) is 0 Å². The van der Waals surface area contributed by atoms with Crippen LogP contribution in [0, 0.1) is 0 Å². The largest absolute Gasteiger partial charge is 2.00 e. The summed E-state index contributed by atoms with van der Waals surface area (Å²) in [6, 6.07) is 0. The molecule has 0 aromatic heterocycles. The first-order valence-corrected chi connectivity index (χ1v) is 0. The van der Waals surface area contributed by atoms with Crippen molar-refractivity contribution < 1.29 is 40.5 Å². The predicted molar refractivity (Wildman–Crippen MR) is 9.63 cm³/mol. The van der Waals surface area contributed by atoms with Crippen LogP contribution in [-0.4, -0.2) is 48.7 Å². The fraction of sp³-hybridized carbons (Fsp3) is 0. The molecule has 0 bridgehead atoms. The van der Waals surface area contributed by atoms with Gasteiger partial charge in [-0.1, -0.05) is 0 Å². The maximum Gasteiger partial charge on any atom is 2.00 e. The van der Waals surface area contributed by atoms with Crippen LogP contribution >= 0.6 is 0 Å². The van der Waals surface area contributed by atoms with Gasteiger partial charge in [0.15, 0.2) is 0 Å². The van der Waals surface area contributed by atoms with Gasteiger partial charge in [0.2, 0.25) is 0 Å². The van der Waals surface area contributed by atoms with Crippen LogP contribution < -0.4 is 29.6 Å². The third-order valence-electron chi connectivity index (χ3n) is 0. The van der Waals surface area contributed by atoms with E-state index in [9.17, 15) is 0 Å². The minimum Gasteiger partial charge on any atom is -0.870 e. The van der Waals surface area contributed by atoms with Gasteiger partial charge in [-0.05, 0) is 0 Å². The Labute approximate surface area is 76.9 Å². The Balaban J connectivity index is 0. The molecule has 0 saturated carbocycles. The maximum absolute atomic E-state index is 0. The molecule has 0 amide bonds. The average Bonchev–Trinajstić information content (AvgIpc) is 0. The van der Waals surface area contributed by atoms with Crippen molar-refractivity contribution >= 4 is 37.7 Å². The Hall–Kier alpha value is 2.18. The summed E-state index contributed by atoms with van der Waals surface area (Å²) < 4.78 is 0. The molecule has 0 aliphatic carbocycles. The van der Waals surface area contributed by atoms with E-state index >= 15 is 0 Å². The summed E-state index contributed by atoms with van der Waals surface area (Å²) in [6.07, 6.45) is 0. The Morgan fingerprint density at radius 3 is 0.750 bits per heavy atom. The smallest absolute Gasteiger partial charge is 0.870 e. The molecular formula is H2CaNaO2+. The van der Waals surface area contributed by atoms with Gasteiger partial charge in [0, 0.05) is 0 Å². The van der Waals surface area contributed by atoms with Crippen LogP contribution in [0.1, 0.15) is 0 Å². The van der Waals surface area contributed by atoms with Crippen molar-refractivity contribution in [2.24, 2.45) is 0 Å². The molecule has 0 spiro atoms. The normalized spacial score (nSPS) is 0. The molecular weight excluding hydrogens is 95.1 g/mol. The van der Waals surface area contributed by atoms with E-state index < -0.39 is 0 Å². The topological polar surface area (TPSA) is 60.0 Å². The van der Waals surface area contributed by atoms with Gasteiger partial charge < -0.3 is 11.0 Å². The molecule has 0 aromatic carbocycles. The molecule has 0 atom stereocenters. The molecule has 4 heavy (non-hydrogen) atoms. The summed E-state index contributed by atoms with van der Waals surface area (Å²) in [4.78, 5) is 0. The molecule has 2 nitrogen and oxygen atoms in total. The first kappa shape index (κ1) is 34.9. The summed E-state index contributed by atoms with van der Waals surface area (Å²) >= 11 is 0. The molecule has 0 radical (unpaired) electrons. The van der Waals surface area contributed by atoms with Gasteiger partial charge >= 0.3 is 67.3 Å². The zero-order chi connectivity index (χ0) is 0. The SMILES string of the molecule is [Ca+2].[Na+].[OH-].[OH-]. The molecule has 0 saturated heterocycles. The van der Waals surface area contributed by atoms with E-state index in [0.29, 0.717) is 0 Å². The maximum atomic E-state index is 0. The molecule has 16 valence electrons. The van der Waals surface area contributed by atoms with Crippen LogP contribution in [0.4, 0.5) is 0 Å². The summed E-state index contributed by atoms with van der Waals surface area (Å²) in [6.45, 7) is 0. The van der Waals surface area contributed by atoms with Gasteiger partial charge in [0.1, 0.15) is 0 Å². The molecule has 0 rings (SSSR count). The first-order valence-electron chi connectivity index (χ1n) is 0. The Bertz CT molecular complexity index is 6.00. The van der Waals surface area contributed by atoms with Gasteiger partial charge in [-0.2, -0.15) is 0 Å². The fourth-order valence-corrected chi connectivity index (χ4v) is 0. The zero-order valence-corrected chi connectivity index (χ0v) is 6.81. The van der Waals surface area contributed by atoms with Crippen molar-refractivity contribution in [1.29, 1.82) is 0 Å². The Kier molecular flexibility index (Phi) is 166. The fourth-order valence-electron chi connectivity index (χ4n) is 0. The van der Waals surface area contributed by atoms with Gasteiger partial charge in [-0.3, -0.25) is 0 Å². The average molecular weight is 97.1 g/mol. The molecule has 4 heteroatoms. The van der Waals surface area contributed by atoms with E-state index in [-0.39, 0.29) is 78.2 Å². The van der Waals surface area contributed by atoms with Crippen molar-refractivity contribution in [3.63, 3.8) is 0 Å². The zero-order valence-electron chi connectivity index (χ0n) is 2.60. The van der Waals surface area contributed by atoms with Crippen LogP contribution in [-0.2, 0) is 0 Å². The van der Waals surface area contributed by atoms with Crippen LogP contribution in [0.5, 0.6) is 0 Å². The molecule has 0 aliphatic heterocycles. The monoisotopic (exact) mass is 97.0 g/mol. The van der Waals surface area contributed by atoms with Crippen LogP contribution in [0.3, 0.4) is 0 Å². The second-order valence-corrected chi connectivity index (χ2v) is 0. The number of hydrogen-bond acceptors (Lipinski definition) is 2. The van der Waals surface area contributed by atoms with E-state index in [1.807, 2.05) is 0 Å². The molecule has 0 fully saturated rings. The minimum atomic E-state index is 0. The minimum absolute atomic E-state index is 0. The molecule has 0 unspecified atom stereocenters. The van der Waals surface area contributed by atoms with E-state index in [1.165, 1.54) is 0 Å².